The highest BCUT2D eigenvalue weighted by atomic mass is 16.6. The van der Waals surface area contributed by atoms with Crippen molar-refractivity contribution in [3.63, 3.8) is 0 Å². The molecule has 86 valence electrons. The van der Waals surface area contributed by atoms with Crippen LogP contribution in [0.3, 0.4) is 0 Å². The highest BCUT2D eigenvalue weighted by molar-refractivity contribution is 5.65. The van der Waals surface area contributed by atoms with Gasteiger partial charge in [0, 0.05) is 12.6 Å². The largest absolute Gasteiger partial charge is 0.440 e. The van der Waals surface area contributed by atoms with E-state index in [9.17, 15) is 4.79 Å². The average Bonchev–Trinajstić information content (AvgIpc) is 3.09. The summed E-state index contributed by atoms with van der Waals surface area (Å²) in [6.45, 7) is 0.623. The second kappa shape index (κ2) is 4.99. The van der Waals surface area contributed by atoms with Gasteiger partial charge in [0.2, 0.25) is 0 Å². The third-order valence-electron chi connectivity index (χ3n) is 2.60. The predicted molar refractivity (Wildman–Crippen MR) is 60.9 cm³/mol. The second-order valence-corrected chi connectivity index (χ2v) is 4.02. The lowest BCUT2D eigenvalue weighted by molar-refractivity contribution is 0.105. The van der Waals surface area contributed by atoms with Gasteiger partial charge >= 0.3 is 6.09 Å². The Balaban J connectivity index is 1.97. The molecule has 1 fully saturated rings. The molecule has 1 aromatic carbocycles. The van der Waals surface area contributed by atoms with Crippen molar-refractivity contribution in [2.75, 3.05) is 6.54 Å². The zero-order chi connectivity index (χ0) is 11.4. The van der Waals surface area contributed by atoms with Gasteiger partial charge in [-0.15, -0.1) is 0 Å². The maximum absolute atomic E-state index is 10.8. The Morgan fingerprint density at radius 2 is 2.12 bits per heavy atom. The Morgan fingerprint density at radius 3 is 2.69 bits per heavy atom. The third kappa shape index (κ3) is 3.24. The molecule has 2 rings (SSSR count). The molecule has 1 aliphatic rings. The van der Waals surface area contributed by atoms with E-state index in [0.717, 1.165) is 5.56 Å². The molecule has 1 saturated carbocycles. The number of nitrogens with two attached hydrogens (primary N) is 1. The van der Waals surface area contributed by atoms with Crippen molar-refractivity contribution in [2.45, 2.75) is 25.0 Å². The summed E-state index contributed by atoms with van der Waals surface area (Å²) in [7, 11) is 0. The second-order valence-electron chi connectivity index (χ2n) is 4.02. The van der Waals surface area contributed by atoms with Crippen LogP contribution in [0.5, 0.6) is 0 Å². The normalized spacial score (nSPS) is 16.8. The maximum Gasteiger partial charge on any atom is 0.405 e. The fourth-order valence-corrected chi connectivity index (χ4v) is 1.60. The van der Waals surface area contributed by atoms with Crippen LogP contribution in [-0.4, -0.2) is 18.7 Å². The SMILES string of the molecule is NC(=O)OC(CNC1CC1)c1ccccc1. The number of hydrogen-bond acceptors (Lipinski definition) is 3. The van der Waals surface area contributed by atoms with Crippen LogP contribution in [0.15, 0.2) is 30.3 Å². The zero-order valence-electron chi connectivity index (χ0n) is 9.06. The summed E-state index contributed by atoms with van der Waals surface area (Å²) in [6, 6.07) is 10.2. The van der Waals surface area contributed by atoms with Gasteiger partial charge in [0.25, 0.3) is 0 Å². The quantitative estimate of drug-likeness (QED) is 0.791. The Bertz CT molecular complexity index is 349. The Labute approximate surface area is 94.8 Å². The number of carbonyl (C=O) groups excluding carboxylic acids is 1. The van der Waals surface area contributed by atoms with Gasteiger partial charge in [-0.1, -0.05) is 30.3 Å². The number of benzene rings is 1. The zero-order valence-corrected chi connectivity index (χ0v) is 9.06. The van der Waals surface area contributed by atoms with Gasteiger partial charge in [0.15, 0.2) is 0 Å². The monoisotopic (exact) mass is 220 g/mol. The highest BCUT2D eigenvalue weighted by Gasteiger charge is 2.23. The van der Waals surface area contributed by atoms with Crippen LogP contribution in [0, 0.1) is 0 Å². The first-order valence-corrected chi connectivity index (χ1v) is 5.50. The van der Waals surface area contributed by atoms with Crippen LogP contribution < -0.4 is 11.1 Å². The number of ether oxygens (including phenoxy) is 1. The van der Waals surface area contributed by atoms with Crippen molar-refractivity contribution < 1.29 is 9.53 Å². The van der Waals surface area contributed by atoms with Gasteiger partial charge in [-0.3, -0.25) is 0 Å². The van der Waals surface area contributed by atoms with Crippen molar-refractivity contribution in [3.05, 3.63) is 35.9 Å². The van der Waals surface area contributed by atoms with E-state index in [1.807, 2.05) is 30.3 Å². The lowest BCUT2D eigenvalue weighted by Crippen LogP contribution is -2.28. The molecule has 4 nitrogen and oxygen atoms in total. The highest BCUT2D eigenvalue weighted by Crippen LogP contribution is 2.21. The van der Waals surface area contributed by atoms with Crippen LogP contribution in [0.4, 0.5) is 4.79 Å². The van der Waals surface area contributed by atoms with Crippen LogP contribution >= 0.6 is 0 Å². The van der Waals surface area contributed by atoms with Crippen LogP contribution in [-0.2, 0) is 4.74 Å². The molecule has 0 radical (unpaired) electrons. The Morgan fingerprint density at radius 1 is 1.44 bits per heavy atom. The standard InChI is InChI=1S/C12H16N2O2/c13-12(15)16-11(8-14-10-6-7-10)9-4-2-1-3-5-9/h1-5,10-11,14H,6-8H2,(H2,13,15). The number of hydrogen-bond donors (Lipinski definition) is 2. The molecule has 0 spiro atoms. The molecule has 4 heteroatoms. The molecule has 3 N–H and O–H groups in total. The molecule has 0 aromatic heterocycles. The van der Waals surface area contributed by atoms with Gasteiger partial charge in [-0.05, 0) is 18.4 Å². The van der Waals surface area contributed by atoms with Crippen molar-refractivity contribution in [2.24, 2.45) is 5.73 Å². The minimum absolute atomic E-state index is 0.292. The Kier molecular flexibility index (Phi) is 3.41. The summed E-state index contributed by atoms with van der Waals surface area (Å²) in [6.07, 6.45) is 1.39. The number of rotatable bonds is 5. The van der Waals surface area contributed by atoms with Gasteiger partial charge in [-0.2, -0.15) is 0 Å². The van der Waals surface area contributed by atoms with E-state index < -0.39 is 6.09 Å². The smallest absolute Gasteiger partial charge is 0.405 e. The van der Waals surface area contributed by atoms with Crippen LogP contribution in [0.1, 0.15) is 24.5 Å². The summed E-state index contributed by atoms with van der Waals surface area (Å²) in [5, 5.41) is 3.33. The molecule has 1 amide bonds. The number of amides is 1. The fourth-order valence-electron chi connectivity index (χ4n) is 1.60. The van der Waals surface area contributed by atoms with Crippen molar-refractivity contribution in [1.82, 2.24) is 5.32 Å². The van der Waals surface area contributed by atoms with E-state index in [0.29, 0.717) is 12.6 Å². The molecule has 1 aliphatic carbocycles. The predicted octanol–water partition coefficient (Wildman–Crippen LogP) is 1.57. The number of nitrogens with one attached hydrogen (secondary N) is 1. The van der Waals surface area contributed by atoms with Crippen molar-refractivity contribution in [1.29, 1.82) is 0 Å². The molecule has 0 aliphatic heterocycles. The fraction of sp³-hybridized carbons (Fsp3) is 0.417. The first-order valence-electron chi connectivity index (χ1n) is 5.50. The van der Waals surface area contributed by atoms with E-state index in [2.05, 4.69) is 5.32 Å². The molecule has 1 aromatic rings. The lowest BCUT2D eigenvalue weighted by atomic mass is 10.1. The molecular formula is C12H16N2O2. The van der Waals surface area contributed by atoms with Crippen molar-refractivity contribution in [3.8, 4) is 0 Å². The maximum atomic E-state index is 10.8. The molecule has 0 heterocycles. The summed E-state index contributed by atoms with van der Waals surface area (Å²) < 4.78 is 5.09. The molecule has 0 saturated heterocycles. The average molecular weight is 220 g/mol. The van der Waals surface area contributed by atoms with Gasteiger partial charge in [-0.25, -0.2) is 4.79 Å². The topological polar surface area (TPSA) is 64.4 Å². The summed E-state index contributed by atoms with van der Waals surface area (Å²) in [5.41, 5.74) is 6.03. The number of primary amides is 1. The minimum atomic E-state index is -0.730. The van der Waals surface area contributed by atoms with Crippen LogP contribution in [0.25, 0.3) is 0 Å². The molecular weight excluding hydrogens is 204 g/mol. The van der Waals surface area contributed by atoms with Crippen molar-refractivity contribution >= 4 is 6.09 Å². The van der Waals surface area contributed by atoms with Crippen LogP contribution in [0.2, 0.25) is 0 Å². The van der Waals surface area contributed by atoms with E-state index in [4.69, 9.17) is 10.5 Å². The molecule has 1 atom stereocenters. The van der Waals surface area contributed by atoms with E-state index >= 15 is 0 Å². The molecule has 0 bridgehead atoms. The number of carbonyl (C=O) groups is 1. The van der Waals surface area contributed by atoms with Gasteiger partial charge in [0.1, 0.15) is 6.10 Å². The van der Waals surface area contributed by atoms with Gasteiger partial charge < -0.3 is 15.8 Å². The lowest BCUT2D eigenvalue weighted by Gasteiger charge is -2.17. The molecule has 16 heavy (non-hydrogen) atoms. The summed E-state index contributed by atoms with van der Waals surface area (Å²) in [4.78, 5) is 10.8. The van der Waals surface area contributed by atoms with E-state index in [1.54, 1.807) is 0 Å². The molecule has 1 unspecified atom stereocenters. The third-order valence-corrected chi connectivity index (χ3v) is 2.60. The summed E-state index contributed by atoms with van der Waals surface area (Å²) >= 11 is 0. The first-order chi connectivity index (χ1) is 7.75. The minimum Gasteiger partial charge on any atom is -0.440 e. The first kappa shape index (κ1) is 11.0. The summed E-state index contributed by atoms with van der Waals surface area (Å²) in [5.74, 6) is 0. The van der Waals surface area contributed by atoms with E-state index in [-0.39, 0.29) is 6.10 Å². The Hall–Kier alpha value is -1.55. The van der Waals surface area contributed by atoms with Gasteiger partial charge in [0.05, 0.1) is 0 Å². The van der Waals surface area contributed by atoms with E-state index in [1.165, 1.54) is 12.8 Å².